The second-order valence-electron chi connectivity index (χ2n) is 4.36. The third-order valence-electron chi connectivity index (χ3n) is 3.23. The Hall–Kier alpha value is -0.870. The average Bonchev–Trinajstić information content (AvgIpc) is 2.95. The van der Waals surface area contributed by atoms with Crippen molar-refractivity contribution in [2.24, 2.45) is 0 Å². The minimum absolute atomic E-state index is 0.884. The van der Waals surface area contributed by atoms with Crippen LogP contribution in [0.3, 0.4) is 0 Å². The van der Waals surface area contributed by atoms with Crippen molar-refractivity contribution in [1.29, 1.82) is 0 Å². The second-order valence-corrected chi connectivity index (χ2v) is 4.36. The molecule has 16 heavy (non-hydrogen) atoms. The fraction of sp³-hybridized carbons (Fsp3) is 0.750. The Morgan fingerprint density at radius 1 is 1.38 bits per heavy atom. The zero-order valence-corrected chi connectivity index (χ0v) is 10.2. The highest BCUT2D eigenvalue weighted by atomic mass is 15.2. The van der Waals surface area contributed by atoms with Gasteiger partial charge in [-0.15, -0.1) is 0 Å². The van der Waals surface area contributed by atoms with E-state index in [0.29, 0.717) is 0 Å². The molecule has 0 aliphatic carbocycles. The monoisotopic (exact) mass is 222 g/mol. The van der Waals surface area contributed by atoms with Crippen LogP contribution >= 0.6 is 0 Å². The van der Waals surface area contributed by atoms with Crippen LogP contribution in [-0.4, -0.2) is 40.6 Å². The summed E-state index contributed by atoms with van der Waals surface area (Å²) in [5.41, 5.74) is 0. The largest absolute Gasteiger partial charge is 0.334 e. The highest BCUT2D eigenvalue weighted by molar-refractivity contribution is 4.91. The topological polar surface area (TPSA) is 33.1 Å². The lowest BCUT2D eigenvalue weighted by Gasteiger charge is -2.14. The Kier molecular flexibility index (Phi) is 4.36. The van der Waals surface area contributed by atoms with E-state index in [4.69, 9.17) is 0 Å². The number of hydrogen-bond donors (Lipinski definition) is 1. The molecule has 90 valence electrons. The van der Waals surface area contributed by atoms with Crippen molar-refractivity contribution < 1.29 is 0 Å². The summed E-state index contributed by atoms with van der Waals surface area (Å²) in [7, 11) is 0. The molecule has 1 aliphatic heterocycles. The van der Waals surface area contributed by atoms with E-state index >= 15 is 0 Å². The van der Waals surface area contributed by atoms with Gasteiger partial charge in [0.1, 0.15) is 5.82 Å². The van der Waals surface area contributed by atoms with Crippen LogP contribution in [0.1, 0.15) is 25.6 Å². The Balaban J connectivity index is 1.64. The summed E-state index contributed by atoms with van der Waals surface area (Å²) in [4.78, 5) is 6.87. The number of imidazole rings is 1. The summed E-state index contributed by atoms with van der Waals surface area (Å²) in [5.74, 6) is 1.14. The predicted octanol–water partition coefficient (Wildman–Crippen LogP) is 1.09. The van der Waals surface area contributed by atoms with E-state index in [0.717, 1.165) is 25.5 Å². The minimum Gasteiger partial charge on any atom is -0.334 e. The lowest BCUT2D eigenvalue weighted by Crippen LogP contribution is -2.30. The zero-order valence-electron chi connectivity index (χ0n) is 10.2. The van der Waals surface area contributed by atoms with E-state index in [9.17, 15) is 0 Å². The number of hydrogen-bond acceptors (Lipinski definition) is 3. The summed E-state index contributed by atoms with van der Waals surface area (Å²) < 4.78 is 2.18. The smallest absolute Gasteiger partial charge is 0.122 e. The molecule has 1 aliphatic rings. The lowest BCUT2D eigenvalue weighted by molar-refractivity contribution is 0.334. The van der Waals surface area contributed by atoms with Gasteiger partial charge in [0.05, 0.1) is 6.54 Å². The summed E-state index contributed by atoms with van der Waals surface area (Å²) in [6.07, 6.45) is 6.67. The second kappa shape index (κ2) is 6.01. The molecule has 0 radical (unpaired) electrons. The summed E-state index contributed by atoms with van der Waals surface area (Å²) in [5, 5.41) is 3.46. The van der Waals surface area contributed by atoms with Gasteiger partial charge in [0.2, 0.25) is 0 Å². The van der Waals surface area contributed by atoms with Crippen LogP contribution in [0.15, 0.2) is 12.4 Å². The maximum atomic E-state index is 4.34. The molecule has 0 spiro atoms. The molecule has 1 aromatic rings. The van der Waals surface area contributed by atoms with E-state index in [-0.39, 0.29) is 0 Å². The van der Waals surface area contributed by atoms with Gasteiger partial charge in [0.15, 0.2) is 0 Å². The van der Waals surface area contributed by atoms with E-state index < -0.39 is 0 Å². The van der Waals surface area contributed by atoms with E-state index in [1.54, 1.807) is 0 Å². The third-order valence-corrected chi connectivity index (χ3v) is 3.23. The standard InChI is InChI=1S/C12H22N4/c1-2-16-10-6-14-12(16)11-13-5-9-15-7-3-4-8-15/h6,10,13H,2-5,7-9,11H2,1H3. The fourth-order valence-electron chi connectivity index (χ4n) is 2.24. The Bertz CT molecular complexity index is 302. The summed E-state index contributed by atoms with van der Waals surface area (Å²) in [6, 6.07) is 0. The normalized spacial score (nSPS) is 17.1. The van der Waals surface area contributed by atoms with E-state index in [1.165, 1.54) is 32.5 Å². The highest BCUT2D eigenvalue weighted by Gasteiger charge is 2.10. The number of nitrogens with zero attached hydrogens (tertiary/aromatic N) is 3. The van der Waals surface area contributed by atoms with Crippen molar-refractivity contribution in [3.05, 3.63) is 18.2 Å². The van der Waals surface area contributed by atoms with Gasteiger partial charge >= 0.3 is 0 Å². The van der Waals surface area contributed by atoms with Crippen molar-refractivity contribution in [2.75, 3.05) is 26.2 Å². The van der Waals surface area contributed by atoms with Crippen LogP contribution in [0, 0.1) is 0 Å². The summed E-state index contributed by atoms with van der Waals surface area (Å²) in [6.45, 7) is 8.84. The van der Waals surface area contributed by atoms with Crippen molar-refractivity contribution in [3.63, 3.8) is 0 Å². The van der Waals surface area contributed by atoms with Gasteiger partial charge < -0.3 is 14.8 Å². The number of nitrogens with one attached hydrogen (secondary N) is 1. The molecule has 0 saturated carbocycles. The van der Waals surface area contributed by atoms with E-state index in [2.05, 4.69) is 26.7 Å². The van der Waals surface area contributed by atoms with Gasteiger partial charge in [-0.1, -0.05) is 0 Å². The molecule has 1 aromatic heterocycles. The lowest BCUT2D eigenvalue weighted by atomic mass is 10.4. The zero-order chi connectivity index (χ0) is 11.2. The molecule has 1 saturated heterocycles. The quantitative estimate of drug-likeness (QED) is 0.731. The van der Waals surface area contributed by atoms with Crippen molar-refractivity contribution in [2.45, 2.75) is 32.9 Å². The number of rotatable bonds is 6. The molecule has 0 bridgehead atoms. The molecule has 0 atom stereocenters. The van der Waals surface area contributed by atoms with Gasteiger partial charge in [-0.2, -0.15) is 0 Å². The van der Waals surface area contributed by atoms with Gasteiger partial charge in [0, 0.05) is 32.0 Å². The molecule has 1 N–H and O–H groups in total. The Morgan fingerprint density at radius 2 is 2.19 bits per heavy atom. The van der Waals surface area contributed by atoms with Crippen LogP contribution in [0.4, 0.5) is 0 Å². The van der Waals surface area contributed by atoms with Crippen LogP contribution in [0.25, 0.3) is 0 Å². The van der Waals surface area contributed by atoms with Gasteiger partial charge in [-0.25, -0.2) is 4.98 Å². The first-order valence-corrected chi connectivity index (χ1v) is 6.33. The fourth-order valence-corrected chi connectivity index (χ4v) is 2.24. The molecule has 0 unspecified atom stereocenters. The average molecular weight is 222 g/mol. The maximum Gasteiger partial charge on any atom is 0.122 e. The number of likely N-dealkylation sites (tertiary alicyclic amines) is 1. The molecule has 4 nitrogen and oxygen atoms in total. The summed E-state index contributed by atoms with van der Waals surface area (Å²) >= 11 is 0. The maximum absolute atomic E-state index is 4.34. The first kappa shape index (κ1) is 11.6. The first-order chi connectivity index (χ1) is 7.90. The first-order valence-electron chi connectivity index (χ1n) is 6.33. The van der Waals surface area contributed by atoms with Crippen molar-refractivity contribution in [1.82, 2.24) is 19.8 Å². The van der Waals surface area contributed by atoms with Crippen molar-refractivity contribution >= 4 is 0 Å². The molecular formula is C12H22N4. The third kappa shape index (κ3) is 3.06. The molecule has 0 amide bonds. The highest BCUT2D eigenvalue weighted by Crippen LogP contribution is 2.05. The Labute approximate surface area is 97.7 Å². The molecule has 1 fully saturated rings. The molecular weight excluding hydrogens is 200 g/mol. The SMILES string of the molecule is CCn1ccnc1CNCCN1CCCC1. The van der Waals surface area contributed by atoms with Crippen LogP contribution in [-0.2, 0) is 13.1 Å². The molecule has 2 rings (SSSR count). The van der Waals surface area contributed by atoms with E-state index in [1.807, 2.05) is 12.4 Å². The van der Waals surface area contributed by atoms with Crippen molar-refractivity contribution in [3.8, 4) is 0 Å². The van der Waals surface area contributed by atoms with Crippen LogP contribution in [0.2, 0.25) is 0 Å². The van der Waals surface area contributed by atoms with Gasteiger partial charge in [0.25, 0.3) is 0 Å². The Morgan fingerprint density at radius 3 is 2.94 bits per heavy atom. The van der Waals surface area contributed by atoms with Gasteiger partial charge in [-0.3, -0.25) is 0 Å². The van der Waals surface area contributed by atoms with Crippen LogP contribution < -0.4 is 5.32 Å². The predicted molar refractivity (Wildman–Crippen MR) is 65.3 cm³/mol. The van der Waals surface area contributed by atoms with Crippen LogP contribution in [0.5, 0.6) is 0 Å². The number of aromatic nitrogens is 2. The molecule has 2 heterocycles. The van der Waals surface area contributed by atoms with Gasteiger partial charge in [-0.05, 0) is 32.9 Å². The number of aryl methyl sites for hydroxylation is 1. The molecule has 0 aromatic carbocycles. The molecule has 4 heteroatoms. The minimum atomic E-state index is 0.884.